The van der Waals surface area contributed by atoms with Crippen LogP contribution >= 0.6 is 0 Å². The van der Waals surface area contributed by atoms with Crippen LogP contribution in [0, 0.1) is 0 Å². The smallest absolute Gasteiger partial charge is 0.305 e. The van der Waals surface area contributed by atoms with Crippen molar-refractivity contribution in [3.05, 3.63) is 0 Å². The van der Waals surface area contributed by atoms with Gasteiger partial charge in [0.25, 0.3) is 0 Å². The zero-order chi connectivity index (χ0) is 20.7. The first-order valence-corrected chi connectivity index (χ1v) is 7.99. The quantitative estimate of drug-likeness (QED) is 0.415. The molecule has 1 aliphatic heterocycles. The molecule has 1 rings (SSSR count). The highest BCUT2D eigenvalue weighted by atomic mass is 16.8. The highest BCUT2D eigenvalue weighted by Gasteiger charge is 2.55. The number of esters is 5. The van der Waals surface area contributed by atoms with Crippen molar-refractivity contribution in [2.24, 2.45) is 0 Å². The lowest BCUT2D eigenvalue weighted by Gasteiger charge is -2.27. The van der Waals surface area contributed by atoms with E-state index in [1.165, 1.54) is 0 Å². The summed E-state index contributed by atoms with van der Waals surface area (Å²) in [5.41, 5.74) is 0. The maximum Gasteiger partial charge on any atom is 0.305 e. The minimum atomic E-state index is -1.42. The monoisotopic (exact) mass is 390 g/mol. The van der Waals surface area contributed by atoms with Gasteiger partial charge in [-0.15, -0.1) is 0 Å². The summed E-state index contributed by atoms with van der Waals surface area (Å²) in [6.45, 7) is 5.15. The molecule has 27 heavy (non-hydrogen) atoms. The summed E-state index contributed by atoms with van der Waals surface area (Å²) in [5.74, 6) is -3.62. The van der Waals surface area contributed by atoms with Crippen molar-refractivity contribution >= 4 is 29.8 Å². The molecule has 1 aliphatic rings. The van der Waals surface area contributed by atoms with Crippen molar-refractivity contribution in [2.45, 2.75) is 65.3 Å². The number of hydrogen-bond donors (Lipinski definition) is 0. The van der Waals surface area contributed by atoms with Crippen LogP contribution in [0.3, 0.4) is 0 Å². The van der Waals surface area contributed by atoms with Gasteiger partial charge < -0.3 is 28.4 Å². The number of carbonyl (C=O) groups excluding carboxylic acids is 5. The third kappa shape index (κ3) is 7.21. The van der Waals surface area contributed by atoms with Gasteiger partial charge in [0.2, 0.25) is 12.4 Å². The number of hydrogen-bond acceptors (Lipinski definition) is 11. The van der Waals surface area contributed by atoms with Gasteiger partial charge in [-0.1, -0.05) is 0 Å². The van der Waals surface area contributed by atoms with Gasteiger partial charge in [-0.3, -0.25) is 24.0 Å². The third-order valence-corrected chi connectivity index (χ3v) is 3.23. The van der Waals surface area contributed by atoms with E-state index >= 15 is 0 Å². The molecule has 11 nitrogen and oxygen atoms in total. The van der Waals surface area contributed by atoms with Crippen molar-refractivity contribution < 1.29 is 52.4 Å². The summed E-state index contributed by atoms with van der Waals surface area (Å²) in [6.07, 6.45) is -6.46. The molecule has 0 aromatic rings. The number of rotatable bonds is 7. The lowest BCUT2D eigenvalue weighted by atomic mass is 10.1. The fourth-order valence-electron chi connectivity index (χ4n) is 2.46. The van der Waals surface area contributed by atoms with Crippen LogP contribution in [-0.4, -0.2) is 67.2 Å². The topological polar surface area (TPSA) is 141 Å². The van der Waals surface area contributed by atoms with Crippen LogP contribution in [0.25, 0.3) is 0 Å². The molecule has 0 saturated carbocycles. The van der Waals surface area contributed by atoms with E-state index in [4.69, 9.17) is 28.4 Å². The van der Waals surface area contributed by atoms with Crippen LogP contribution < -0.4 is 0 Å². The van der Waals surface area contributed by atoms with Gasteiger partial charge in [0, 0.05) is 34.6 Å². The molecule has 1 fully saturated rings. The molecule has 0 aromatic heterocycles. The van der Waals surface area contributed by atoms with E-state index in [0.717, 1.165) is 34.6 Å². The average molecular weight is 390 g/mol. The van der Waals surface area contributed by atoms with Crippen LogP contribution in [0.2, 0.25) is 0 Å². The average Bonchev–Trinajstić information content (AvgIpc) is 2.79. The minimum Gasteiger partial charge on any atom is -0.462 e. The molecule has 0 radical (unpaired) electrons. The zero-order valence-corrected chi connectivity index (χ0v) is 15.6. The molecule has 0 aromatic carbocycles. The highest BCUT2D eigenvalue weighted by molar-refractivity contribution is 5.69. The predicted molar refractivity (Wildman–Crippen MR) is 83.7 cm³/mol. The van der Waals surface area contributed by atoms with E-state index in [2.05, 4.69) is 0 Å². The summed E-state index contributed by atoms with van der Waals surface area (Å²) in [5, 5.41) is 0. The Morgan fingerprint density at radius 1 is 0.741 bits per heavy atom. The van der Waals surface area contributed by atoms with E-state index in [0.29, 0.717) is 0 Å². The Hall–Kier alpha value is -2.69. The van der Waals surface area contributed by atoms with Gasteiger partial charge in [-0.05, 0) is 0 Å². The Bertz CT molecular complexity index is 599. The van der Waals surface area contributed by atoms with Crippen molar-refractivity contribution in [3.8, 4) is 0 Å². The Labute approximate surface area is 155 Å². The van der Waals surface area contributed by atoms with E-state index in [-0.39, 0.29) is 0 Å². The van der Waals surface area contributed by atoms with E-state index in [1.807, 2.05) is 0 Å². The van der Waals surface area contributed by atoms with E-state index in [1.54, 1.807) is 0 Å². The zero-order valence-electron chi connectivity index (χ0n) is 15.6. The summed E-state index contributed by atoms with van der Waals surface area (Å²) in [6, 6.07) is 0. The number of ether oxygens (including phenoxy) is 6. The molecule has 5 atom stereocenters. The van der Waals surface area contributed by atoms with Crippen LogP contribution in [-0.2, 0) is 52.4 Å². The molecule has 0 unspecified atom stereocenters. The molecule has 11 heteroatoms. The molecular weight excluding hydrogens is 368 g/mol. The molecule has 0 aliphatic carbocycles. The van der Waals surface area contributed by atoms with Gasteiger partial charge in [0.15, 0.2) is 12.2 Å². The first-order valence-electron chi connectivity index (χ1n) is 7.99. The molecule has 0 spiro atoms. The second-order valence-corrected chi connectivity index (χ2v) is 5.68. The molecule has 0 N–H and O–H groups in total. The van der Waals surface area contributed by atoms with Crippen LogP contribution in [0.5, 0.6) is 0 Å². The highest BCUT2D eigenvalue weighted by Crippen LogP contribution is 2.31. The minimum absolute atomic E-state index is 0.420. The fourth-order valence-corrected chi connectivity index (χ4v) is 2.46. The van der Waals surface area contributed by atoms with Crippen molar-refractivity contribution in [1.29, 1.82) is 0 Å². The Morgan fingerprint density at radius 3 is 1.70 bits per heavy atom. The normalized spacial score (nSPS) is 25.1. The SMILES string of the molecule is CC(=O)OC[C@@H](OC(C)=O)[C@H]1O[C@H](OC(C)=O)[C@H](OC(C)=O)[C@@H]1OC(C)=O. The molecule has 1 saturated heterocycles. The molecule has 152 valence electrons. The summed E-state index contributed by atoms with van der Waals surface area (Å²) in [7, 11) is 0. The van der Waals surface area contributed by atoms with Crippen molar-refractivity contribution in [3.63, 3.8) is 0 Å². The Kier molecular flexibility index (Phi) is 8.16. The Morgan fingerprint density at radius 2 is 1.26 bits per heavy atom. The lowest BCUT2D eigenvalue weighted by molar-refractivity contribution is -0.203. The molecule has 1 heterocycles. The lowest BCUT2D eigenvalue weighted by Crippen LogP contribution is -2.46. The van der Waals surface area contributed by atoms with Crippen LogP contribution in [0.1, 0.15) is 34.6 Å². The molecule has 0 amide bonds. The second-order valence-electron chi connectivity index (χ2n) is 5.68. The van der Waals surface area contributed by atoms with Crippen LogP contribution in [0.15, 0.2) is 0 Å². The van der Waals surface area contributed by atoms with E-state index in [9.17, 15) is 24.0 Å². The van der Waals surface area contributed by atoms with Gasteiger partial charge in [0.1, 0.15) is 12.7 Å². The van der Waals surface area contributed by atoms with Gasteiger partial charge in [0.05, 0.1) is 0 Å². The number of carbonyl (C=O) groups is 5. The fraction of sp³-hybridized carbons (Fsp3) is 0.688. The molecule has 0 bridgehead atoms. The summed E-state index contributed by atoms with van der Waals surface area (Å²) in [4.78, 5) is 56.7. The van der Waals surface area contributed by atoms with Gasteiger partial charge in [-0.25, -0.2) is 0 Å². The Balaban J connectivity index is 3.20. The maximum atomic E-state index is 11.5. The third-order valence-electron chi connectivity index (χ3n) is 3.23. The predicted octanol–water partition coefficient (Wildman–Crippen LogP) is -0.367. The largest absolute Gasteiger partial charge is 0.462 e. The summed E-state index contributed by atoms with van der Waals surface area (Å²) >= 11 is 0. The maximum absolute atomic E-state index is 11.5. The summed E-state index contributed by atoms with van der Waals surface area (Å²) < 4.78 is 30.7. The van der Waals surface area contributed by atoms with E-state index < -0.39 is 67.2 Å². The van der Waals surface area contributed by atoms with Crippen molar-refractivity contribution in [1.82, 2.24) is 0 Å². The molecular formula is C16H22O11. The standard InChI is InChI=1S/C16H22O11/c1-7(17)22-6-12(23-8(2)18)13-14(24-9(3)19)15(25-10(4)20)16(27-13)26-11(5)21/h12-16H,6H2,1-5H3/t12-,13-,14-,15-,16+/m1/s1. The first-order chi connectivity index (χ1) is 12.5. The van der Waals surface area contributed by atoms with Crippen molar-refractivity contribution in [2.75, 3.05) is 6.61 Å². The van der Waals surface area contributed by atoms with Gasteiger partial charge in [-0.2, -0.15) is 0 Å². The first kappa shape index (κ1) is 22.4. The van der Waals surface area contributed by atoms with Crippen LogP contribution in [0.4, 0.5) is 0 Å². The van der Waals surface area contributed by atoms with Gasteiger partial charge >= 0.3 is 29.8 Å². The second kappa shape index (κ2) is 9.86.